The largest absolute Gasteiger partial charge is 0.330 e. The van der Waals surface area contributed by atoms with Gasteiger partial charge in [0.15, 0.2) is 0 Å². The topological polar surface area (TPSA) is 20.3 Å². The van der Waals surface area contributed by atoms with Gasteiger partial charge in [-0.15, -0.1) is 0 Å². The molecule has 13 heavy (non-hydrogen) atoms. The highest BCUT2D eigenvalue weighted by Gasteiger charge is 2.34. The van der Waals surface area contributed by atoms with E-state index in [1.54, 1.807) is 0 Å². The highest BCUT2D eigenvalue weighted by Crippen LogP contribution is 2.28. The van der Waals surface area contributed by atoms with Crippen molar-refractivity contribution in [2.24, 2.45) is 0 Å². The van der Waals surface area contributed by atoms with Gasteiger partial charge in [-0.3, -0.25) is 4.79 Å². The molecule has 0 spiro atoms. The maximum Gasteiger partial charge on any atom is 0.223 e. The lowest BCUT2D eigenvalue weighted by atomic mass is 10.0. The molecule has 1 fully saturated rings. The molecule has 1 unspecified atom stereocenters. The molecule has 0 aromatic carbocycles. The number of hydrogen-bond acceptors (Lipinski definition) is 1. The van der Waals surface area contributed by atoms with Gasteiger partial charge in [0.05, 0.1) is 12.1 Å². The zero-order valence-corrected chi connectivity index (χ0v) is 8.20. The number of hydrogen-bond donors (Lipinski definition) is 0. The molecule has 2 aliphatic heterocycles. The second-order valence-corrected chi connectivity index (χ2v) is 4.00. The molecule has 2 atom stereocenters. The van der Waals surface area contributed by atoms with Crippen LogP contribution in [0.5, 0.6) is 0 Å². The first kappa shape index (κ1) is 8.79. The highest BCUT2D eigenvalue weighted by atomic mass is 16.2. The van der Waals surface area contributed by atoms with E-state index >= 15 is 0 Å². The molecule has 1 saturated heterocycles. The van der Waals surface area contributed by atoms with E-state index in [9.17, 15) is 4.79 Å². The molecule has 0 aliphatic carbocycles. The monoisotopic (exact) mass is 179 g/mol. The molecule has 2 rings (SSSR count). The first-order valence-corrected chi connectivity index (χ1v) is 5.32. The number of nitrogens with zero attached hydrogens (tertiary/aromatic N) is 1. The Bertz CT molecular complexity index is 234. The first-order valence-electron chi connectivity index (χ1n) is 5.32. The lowest BCUT2D eigenvalue weighted by Gasteiger charge is -2.34. The molecule has 2 heterocycles. The summed E-state index contributed by atoms with van der Waals surface area (Å²) in [7, 11) is 0. The predicted molar refractivity (Wildman–Crippen MR) is 52.3 cm³/mol. The summed E-state index contributed by atoms with van der Waals surface area (Å²) in [5, 5.41) is 0. The van der Waals surface area contributed by atoms with Crippen molar-refractivity contribution in [2.45, 2.75) is 51.1 Å². The maximum atomic E-state index is 11.6. The first-order chi connectivity index (χ1) is 6.33. The van der Waals surface area contributed by atoms with Crippen LogP contribution in [0.4, 0.5) is 0 Å². The van der Waals surface area contributed by atoms with Crippen LogP contribution in [0.25, 0.3) is 0 Å². The summed E-state index contributed by atoms with van der Waals surface area (Å²) in [5.41, 5.74) is 0. The zero-order chi connectivity index (χ0) is 9.26. The van der Waals surface area contributed by atoms with Crippen molar-refractivity contribution in [1.29, 1.82) is 0 Å². The van der Waals surface area contributed by atoms with Crippen LogP contribution in [-0.2, 0) is 4.79 Å². The van der Waals surface area contributed by atoms with Crippen molar-refractivity contribution < 1.29 is 4.79 Å². The summed E-state index contributed by atoms with van der Waals surface area (Å²) in [6, 6.07) is 0.834. The Morgan fingerprint density at radius 1 is 1.54 bits per heavy atom. The number of fused-ring (bicyclic) bond motifs is 1. The minimum Gasteiger partial charge on any atom is -0.330 e. The van der Waals surface area contributed by atoms with Gasteiger partial charge >= 0.3 is 0 Å². The Hall–Kier alpha value is -0.790. The molecule has 0 aromatic rings. The summed E-state index contributed by atoms with van der Waals surface area (Å²) < 4.78 is 0. The van der Waals surface area contributed by atoms with Gasteiger partial charge in [-0.05, 0) is 19.3 Å². The average Bonchev–Trinajstić information content (AvgIpc) is 2.51. The maximum absolute atomic E-state index is 11.6. The Labute approximate surface area is 79.6 Å². The number of amides is 1. The SMILES string of the molecule is CCCC1C=C[C@@H]2CCCC(=O)N12. The minimum atomic E-state index is 0.361. The number of piperidine rings is 1. The Morgan fingerprint density at radius 3 is 3.15 bits per heavy atom. The average molecular weight is 179 g/mol. The molecule has 0 bridgehead atoms. The van der Waals surface area contributed by atoms with E-state index in [-0.39, 0.29) is 0 Å². The fraction of sp³-hybridized carbons (Fsp3) is 0.727. The van der Waals surface area contributed by atoms with Crippen LogP contribution >= 0.6 is 0 Å². The third-order valence-corrected chi connectivity index (χ3v) is 3.03. The van der Waals surface area contributed by atoms with Crippen LogP contribution in [0.3, 0.4) is 0 Å². The number of carbonyl (C=O) groups is 1. The summed E-state index contributed by atoms with van der Waals surface area (Å²) in [6.45, 7) is 2.18. The van der Waals surface area contributed by atoms with Crippen LogP contribution in [0.15, 0.2) is 12.2 Å². The minimum absolute atomic E-state index is 0.361. The summed E-state index contributed by atoms with van der Waals surface area (Å²) in [5.74, 6) is 0.361. The molecule has 1 amide bonds. The van der Waals surface area contributed by atoms with Gasteiger partial charge in [0.1, 0.15) is 0 Å². The Balaban J connectivity index is 2.08. The molecule has 0 N–H and O–H groups in total. The quantitative estimate of drug-likeness (QED) is 0.594. The third kappa shape index (κ3) is 1.50. The van der Waals surface area contributed by atoms with Gasteiger partial charge in [0.25, 0.3) is 0 Å². The van der Waals surface area contributed by atoms with E-state index in [0.29, 0.717) is 18.0 Å². The predicted octanol–water partition coefficient (Wildman–Crippen LogP) is 2.11. The third-order valence-electron chi connectivity index (χ3n) is 3.03. The van der Waals surface area contributed by atoms with E-state index in [0.717, 1.165) is 25.7 Å². The summed E-state index contributed by atoms with van der Waals surface area (Å²) >= 11 is 0. The van der Waals surface area contributed by atoms with Crippen LogP contribution in [0, 0.1) is 0 Å². The van der Waals surface area contributed by atoms with Crippen molar-refractivity contribution in [1.82, 2.24) is 4.90 Å². The van der Waals surface area contributed by atoms with Crippen LogP contribution in [-0.4, -0.2) is 22.9 Å². The molecule has 2 heteroatoms. The fourth-order valence-corrected chi connectivity index (χ4v) is 2.42. The zero-order valence-electron chi connectivity index (χ0n) is 8.20. The van der Waals surface area contributed by atoms with E-state index in [2.05, 4.69) is 24.0 Å². The van der Waals surface area contributed by atoms with E-state index < -0.39 is 0 Å². The van der Waals surface area contributed by atoms with Gasteiger partial charge in [0.2, 0.25) is 5.91 Å². The molecule has 72 valence electrons. The van der Waals surface area contributed by atoms with Gasteiger partial charge in [-0.2, -0.15) is 0 Å². The molecule has 0 saturated carbocycles. The smallest absolute Gasteiger partial charge is 0.223 e. The molecular weight excluding hydrogens is 162 g/mol. The molecule has 2 nitrogen and oxygen atoms in total. The summed E-state index contributed by atoms with van der Waals surface area (Å²) in [4.78, 5) is 13.7. The van der Waals surface area contributed by atoms with Crippen molar-refractivity contribution >= 4 is 5.91 Å². The van der Waals surface area contributed by atoms with Crippen LogP contribution in [0.1, 0.15) is 39.0 Å². The van der Waals surface area contributed by atoms with E-state index in [1.165, 1.54) is 6.42 Å². The molecular formula is C11H17NO. The van der Waals surface area contributed by atoms with Crippen LogP contribution in [0.2, 0.25) is 0 Å². The van der Waals surface area contributed by atoms with Crippen LogP contribution < -0.4 is 0 Å². The van der Waals surface area contributed by atoms with Crippen molar-refractivity contribution in [3.63, 3.8) is 0 Å². The Kier molecular flexibility index (Phi) is 2.38. The summed E-state index contributed by atoms with van der Waals surface area (Å²) in [6.07, 6.45) is 9.73. The van der Waals surface area contributed by atoms with Gasteiger partial charge in [-0.25, -0.2) is 0 Å². The molecule has 0 radical (unpaired) electrons. The van der Waals surface area contributed by atoms with Gasteiger partial charge in [-0.1, -0.05) is 25.5 Å². The lowest BCUT2D eigenvalue weighted by Crippen LogP contribution is -2.44. The van der Waals surface area contributed by atoms with E-state index in [4.69, 9.17) is 0 Å². The van der Waals surface area contributed by atoms with Gasteiger partial charge < -0.3 is 4.90 Å². The lowest BCUT2D eigenvalue weighted by molar-refractivity contribution is -0.136. The van der Waals surface area contributed by atoms with Crippen molar-refractivity contribution in [2.75, 3.05) is 0 Å². The van der Waals surface area contributed by atoms with Crippen molar-refractivity contribution in [3.8, 4) is 0 Å². The normalized spacial score (nSPS) is 32.4. The molecule has 0 aromatic heterocycles. The fourth-order valence-electron chi connectivity index (χ4n) is 2.42. The van der Waals surface area contributed by atoms with Crippen molar-refractivity contribution in [3.05, 3.63) is 12.2 Å². The molecule has 2 aliphatic rings. The van der Waals surface area contributed by atoms with E-state index in [1.807, 2.05) is 0 Å². The second kappa shape index (κ2) is 3.52. The Morgan fingerprint density at radius 2 is 2.38 bits per heavy atom. The number of rotatable bonds is 2. The van der Waals surface area contributed by atoms with Gasteiger partial charge in [0, 0.05) is 6.42 Å². The second-order valence-electron chi connectivity index (χ2n) is 4.00. The number of carbonyl (C=O) groups excluding carboxylic acids is 1. The standard InChI is InChI=1S/C11H17NO/c1-2-4-9-7-8-10-5-3-6-11(13)12(9)10/h7-10H,2-6H2,1H3/t9?,10-/m0/s1. The highest BCUT2D eigenvalue weighted by molar-refractivity contribution is 5.78.